The van der Waals surface area contributed by atoms with Crippen LogP contribution in [0.4, 0.5) is 0 Å². The van der Waals surface area contributed by atoms with Crippen LogP contribution in [-0.4, -0.2) is 20.5 Å². The van der Waals surface area contributed by atoms with Crippen molar-refractivity contribution in [3.63, 3.8) is 0 Å². The van der Waals surface area contributed by atoms with Gasteiger partial charge >= 0.3 is 0 Å². The molecular weight excluding hydrogens is 358 g/mol. The van der Waals surface area contributed by atoms with Gasteiger partial charge in [0.05, 0.1) is 5.69 Å². The fraction of sp³-hybridized carbons (Fsp3) is 0.100. The van der Waals surface area contributed by atoms with E-state index in [0.717, 1.165) is 17.3 Å². The van der Waals surface area contributed by atoms with E-state index in [1.807, 2.05) is 66.7 Å². The molecule has 0 saturated heterocycles. The van der Waals surface area contributed by atoms with Gasteiger partial charge in [-0.3, -0.25) is 14.8 Å². The third-order valence-corrected chi connectivity index (χ3v) is 4.63. The highest BCUT2D eigenvalue weighted by atomic mass is 32.2. The maximum absolute atomic E-state index is 13.1. The van der Waals surface area contributed by atoms with E-state index < -0.39 is 5.56 Å². The van der Waals surface area contributed by atoms with Crippen molar-refractivity contribution in [3.05, 3.63) is 76.6 Å². The van der Waals surface area contributed by atoms with Crippen molar-refractivity contribution in [1.29, 1.82) is 10.7 Å². The van der Waals surface area contributed by atoms with Crippen molar-refractivity contribution in [3.8, 4) is 28.7 Å². The lowest BCUT2D eigenvalue weighted by atomic mass is 10.1. The van der Waals surface area contributed by atoms with E-state index in [0.29, 0.717) is 29.4 Å². The highest BCUT2D eigenvalue weighted by molar-refractivity contribution is 8.13. The lowest BCUT2D eigenvalue weighted by molar-refractivity contribution is 0.724. The highest BCUT2D eigenvalue weighted by Gasteiger charge is 2.18. The average molecular weight is 375 g/mol. The fourth-order valence-electron chi connectivity index (χ4n) is 2.72. The average Bonchev–Trinajstić information content (AvgIpc) is 2.70. The van der Waals surface area contributed by atoms with E-state index in [1.54, 1.807) is 0 Å². The van der Waals surface area contributed by atoms with Crippen LogP contribution in [0.1, 0.15) is 5.56 Å². The Kier molecular flexibility index (Phi) is 5.69. The molecule has 6 nitrogen and oxygen atoms in total. The van der Waals surface area contributed by atoms with Gasteiger partial charge in [0.1, 0.15) is 17.5 Å². The fourth-order valence-corrected chi connectivity index (χ4v) is 3.22. The lowest BCUT2D eigenvalue weighted by Gasteiger charge is -2.15. The number of aromatic nitrogens is 2. The number of hydrogen-bond donors (Lipinski definition) is 2. The van der Waals surface area contributed by atoms with Crippen molar-refractivity contribution in [1.82, 2.24) is 9.55 Å². The molecule has 3 N–H and O–H groups in total. The molecule has 1 aromatic heterocycles. The van der Waals surface area contributed by atoms with Gasteiger partial charge in [0.2, 0.25) is 0 Å². The predicted molar refractivity (Wildman–Crippen MR) is 108 cm³/mol. The van der Waals surface area contributed by atoms with Gasteiger partial charge in [0.25, 0.3) is 5.56 Å². The molecular formula is C20H17N5OS. The summed E-state index contributed by atoms with van der Waals surface area (Å²) in [7, 11) is 0. The molecule has 0 unspecified atom stereocenters. The number of rotatable bonds is 5. The van der Waals surface area contributed by atoms with Crippen LogP contribution in [0.3, 0.4) is 0 Å². The zero-order chi connectivity index (χ0) is 19.2. The van der Waals surface area contributed by atoms with Gasteiger partial charge in [-0.25, -0.2) is 4.98 Å². The van der Waals surface area contributed by atoms with Crippen molar-refractivity contribution in [2.75, 3.05) is 5.75 Å². The number of nitrogens with zero attached hydrogens (tertiary/aromatic N) is 3. The topological polar surface area (TPSA) is 109 Å². The number of amidine groups is 1. The van der Waals surface area contributed by atoms with Gasteiger partial charge in [0.15, 0.2) is 5.17 Å². The summed E-state index contributed by atoms with van der Waals surface area (Å²) in [6.45, 7) is 0.296. The van der Waals surface area contributed by atoms with E-state index >= 15 is 0 Å². The predicted octanol–water partition coefficient (Wildman–Crippen LogP) is 3.08. The number of benzene rings is 2. The Balaban J connectivity index is 2.22. The molecule has 7 heteroatoms. The van der Waals surface area contributed by atoms with Crippen LogP contribution in [0.25, 0.3) is 22.6 Å². The zero-order valence-electron chi connectivity index (χ0n) is 14.4. The van der Waals surface area contributed by atoms with Gasteiger partial charge in [0, 0.05) is 23.4 Å². The molecule has 0 aliphatic heterocycles. The molecule has 134 valence electrons. The molecule has 0 amide bonds. The second kappa shape index (κ2) is 8.34. The van der Waals surface area contributed by atoms with E-state index in [-0.39, 0.29) is 10.7 Å². The van der Waals surface area contributed by atoms with Crippen LogP contribution in [-0.2, 0) is 6.54 Å². The van der Waals surface area contributed by atoms with E-state index in [9.17, 15) is 10.1 Å². The molecule has 2 aromatic carbocycles. The van der Waals surface area contributed by atoms with E-state index in [1.165, 1.54) is 4.57 Å². The Morgan fingerprint density at radius 1 is 1.11 bits per heavy atom. The second-order valence-corrected chi connectivity index (χ2v) is 6.81. The summed E-state index contributed by atoms with van der Waals surface area (Å²) in [5.41, 5.74) is 6.88. The van der Waals surface area contributed by atoms with Crippen molar-refractivity contribution in [2.45, 2.75) is 6.54 Å². The summed E-state index contributed by atoms with van der Waals surface area (Å²) in [4.78, 5) is 17.8. The summed E-state index contributed by atoms with van der Waals surface area (Å²) in [6.07, 6.45) is 0. The summed E-state index contributed by atoms with van der Waals surface area (Å²) < 4.78 is 1.48. The van der Waals surface area contributed by atoms with E-state index in [4.69, 9.17) is 11.1 Å². The number of nitrogens with one attached hydrogen (secondary N) is 1. The number of nitrogens with two attached hydrogens (primary N) is 1. The molecule has 27 heavy (non-hydrogen) atoms. The van der Waals surface area contributed by atoms with Gasteiger partial charge in [-0.1, -0.05) is 72.4 Å². The maximum atomic E-state index is 13.1. The zero-order valence-corrected chi connectivity index (χ0v) is 15.2. The third-order valence-electron chi connectivity index (χ3n) is 3.93. The quantitative estimate of drug-likeness (QED) is 0.526. The Bertz CT molecular complexity index is 1060. The van der Waals surface area contributed by atoms with Crippen LogP contribution in [0.2, 0.25) is 0 Å². The van der Waals surface area contributed by atoms with Gasteiger partial charge in [-0.05, 0) is 0 Å². The number of thioether (sulfide) groups is 1. The minimum Gasteiger partial charge on any atom is -0.379 e. The molecule has 0 fully saturated rings. The second-order valence-electron chi connectivity index (χ2n) is 5.67. The lowest BCUT2D eigenvalue weighted by Crippen LogP contribution is -2.28. The highest BCUT2D eigenvalue weighted by Crippen LogP contribution is 2.24. The van der Waals surface area contributed by atoms with Crippen LogP contribution in [0, 0.1) is 16.7 Å². The molecule has 3 aromatic rings. The first-order valence-electron chi connectivity index (χ1n) is 8.24. The molecule has 0 spiro atoms. The van der Waals surface area contributed by atoms with Crippen LogP contribution >= 0.6 is 11.8 Å². The first-order chi connectivity index (χ1) is 13.1. The Hall–Kier alpha value is -3.37. The molecule has 0 radical (unpaired) electrons. The largest absolute Gasteiger partial charge is 0.379 e. The normalized spacial score (nSPS) is 10.3. The SMILES string of the molecule is N#Cc1c(-c2ccccc2)nc(-c2ccccc2)n(CCSC(=N)N)c1=O. The Labute approximate surface area is 160 Å². The Morgan fingerprint density at radius 3 is 2.26 bits per heavy atom. The molecule has 0 aliphatic carbocycles. The molecule has 0 bridgehead atoms. The van der Waals surface area contributed by atoms with Gasteiger partial charge in [-0.2, -0.15) is 5.26 Å². The molecule has 1 heterocycles. The van der Waals surface area contributed by atoms with Gasteiger partial charge in [-0.15, -0.1) is 0 Å². The Morgan fingerprint density at radius 2 is 1.70 bits per heavy atom. The molecule has 0 saturated carbocycles. The van der Waals surface area contributed by atoms with Crippen LogP contribution < -0.4 is 11.3 Å². The first kappa shape index (κ1) is 18.4. The number of hydrogen-bond acceptors (Lipinski definition) is 5. The van der Waals surface area contributed by atoms with Gasteiger partial charge < -0.3 is 5.73 Å². The minimum atomic E-state index is -0.394. The summed E-state index contributed by atoms with van der Waals surface area (Å²) >= 11 is 1.14. The smallest absolute Gasteiger partial charge is 0.272 e. The standard InChI is InChI=1S/C20H17N5OS/c21-13-16-17(14-7-3-1-4-8-14)24-18(15-9-5-2-6-10-15)25(19(16)26)11-12-27-20(22)23/h1-10H,11-12H2,(H3,22,23). The first-order valence-corrected chi connectivity index (χ1v) is 9.23. The monoisotopic (exact) mass is 375 g/mol. The molecule has 0 atom stereocenters. The maximum Gasteiger partial charge on any atom is 0.272 e. The van der Waals surface area contributed by atoms with E-state index in [2.05, 4.69) is 4.98 Å². The van der Waals surface area contributed by atoms with Crippen molar-refractivity contribution >= 4 is 16.9 Å². The minimum absolute atomic E-state index is 0.00806. The van der Waals surface area contributed by atoms with Crippen molar-refractivity contribution in [2.24, 2.45) is 5.73 Å². The molecule has 0 aliphatic rings. The summed E-state index contributed by atoms with van der Waals surface area (Å²) in [5.74, 6) is 0.925. The van der Waals surface area contributed by atoms with Crippen LogP contribution in [0.15, 0.2) is 65.5 Å². The number of nitriles is 1. The third kappa shape index (κ3) is 4.07. The molecule has 3 rings (SSSR count). The van der Waals surface area contributed by atoms with Crippen molar-refractivity contribution < 1.29 is 0 Å². The van der Waals surface area contributed by atoms with Crippen LogP contribution in [0.5, 0.6) is 0 Å². The summed E-state index contributed by atoms with van der Waals surface area (Å²) in [5, 5.41) is 16.9. The summed E-state index contributed by atoms with van der Waals surface area (Å²) in [6, 6.07) is 20.6.